The molecule has 0 spiro atoms. The minimum absolute atomic E-state index is 0.119. The van der Waals surface area contributed by atoms with E-state index in [0.717, 1.165) is 16.9 Å². The number of β-amino-alcohol motifs (C(OH)–C–C–N with tert-alkyl or cyclic N) is 1. The molecule has 0 fully saturated rings. The maximum absolute atomic E-state index is 13.2. The van der Waals surface area contributed by atoms with E-state index in [-0.39, 0.29) is 18.9 Å². The van der Waals surface area contributed by atoms with Crippen LogP contribution in [-0.2, 0) is 16.7 Å². The molecular formula is C21H17F4N5O5S. The SMILES string of the molecule is O=c1nc(N2CC=C(c3ccc(F)cc3)[C@@H](O)C2)cnn1Cc1ccc(OS(=O)(=O)C(F)(F)F)nc1. The van der Waals surface area contributed by atoms with Gasteiger partial charge in [-0.15, -0.1) is 0 Å². The predicted octanol–water partition coefficient (Wildman–Crippen LogP) is 1.71. The van der Waals surface area contributed by atoms with Crippen LogP contribution >= 0.6 is 0 Å². The lowest BCUT2D eigenvalue weighted by atomic mass is 9.97. The molecule has 36 heavy (non-hydrogen) atoms. The van der Waals surface area contributed by atoms with Crippen LogP contribution in [0.4, 0.5) is 23.4 Å². The van der Waals surface area contributed by atoms with Gasteiger partial charge in [-0.3, -0.25) is 0 Å². The van der Waals surface area contributed by atoms with Crippen molar-refractivity contribution in [2.75, 3.05) is 18.0 Å². The minimum atomic E-state index is -5.85. The van der Waals surface area contributed by atoms with Gasteiger partial charge in [0.15, 0.2) is 5.82 Å². The van der Waals surface area contributed by atoms with Crippen molar-refractivity contribution >= 4 is 21.5 Å². The van der Waals surface area contributed by atoms with Gasteiger partial charge in [-0.25, -0.2) is 18.9 Å². The van der Waals surface area contributed by atoms with Gasteiger partial charge < -0.3 is 14.2 Å². The maximum atomic E-state index is 13.2. The zero-order valence-corrected chi connectivity index (χ0v) is 18.9. The number of hydrogen-bond acceptors (Lipinski definition) is 9. The lowest BCUT2D eigenvalue weighted by Crippen LogP contribution is -2.39. The van der Waals surface area contributed by atoms with Crippen LogP contribution in [0.25, 0.3) is 5.57 Å². The van der Waals surface area contributed by atoms with Crippen molar-refractivity contribution in [1.82, 2.24) is 19.7 Å². The number of alkyl halides is 3. The summed E-state index contributed by atoms with van der Waals surface area (Å²) in [5.41, 5.74) is -4.73. The molecule has 0 saturated heterocycles. The average molecular weight is 527 g/mol. The Morgan fingerprint density at radius 2 is 1.83 bits per heavy atom. The minimum Gasteiger partial charge on any atom is -0.387 e. The Morgan fingerprint density at radius 3 is 2.42 bits per heavy atom. The summed E-state index contributed by atoms with van der Waals surface area (Å²) >= 11 is 0. The average Bonchev–Trinajstić information content (AvgIpc) is 2.81. The van der Waals surface area contributed by atoms with Gasteiger partial charge in [-0.05, 0) is 28.8 Å². The van der Waals surface area contributed by atoms with Crippen LogP contribution < -0.4 is 14.8 Å². The molecule has 3 heterocycles. The van der Waals surface area contributed by atoms with Gasteiger partial charge in [0, 0.05) is 25.4 Å². The molecule has 0 radical (unpaired) electrons. The second-order valence-electron chi connectivity index (χ2n) is 7.63. The first kappa shape index (κ1) is 25.2. The van der Waals surface area contributed by atoms with Crippen LogP contribution in [0.15, 0.2) is 59.7 Å². The fourth-order valence-corrected chi connectivity index (χ4v) is 3.79. The van der Waals surface area contributed by atoms with Crippen molar-refractivity contribution in [2.45, 2.75) is 18.2 Å². The fraction of sp³-hybridized carbons (Fsp3) is 0.238. The molecule has 15 heteroatoms. The van der Waals surface area contributed by atoms with Gasteiger partial charge in [-0.1, -0.05) is 24.3 Å². The van der Waals surface area contributed by atoms with E-state index in [0.29, 0.717) is 23.2 Å². The van der Waals surface area contributed by atoms with E-state index in [9.17, 15) is 35.9 Å². The molecule has 1 N–H and O–H groups in total. The molecule has 0 amide bonds. The Balaban J connectivity index is 1.44. The largest absolute Gasteiger partial charge is 0.534 e. The number of hydrogen-bond donors (Lipinski definition) is 1. The molecule has 1 atom stereocenters. The second kappa shape index (κ2) is 9.66. The highest BCUT2D eigenvalue weighted by atomic mass is 32.2. The highest BCUT2D eigenvalue weighted by Crippen LogP contribution is 2.26. The fourth-order valence-electron chi connectivity index (χ4n) is 3.37. The number of aliphatic hydroxyl groups is 1. The third-order valence-corrected chi connectivity index (χ3v) is 6.09. The first-order valence-electron chi connectivity index (χ1n) is 10.2. The quantitative estimate of drug-likeness (QED) is 0.290. The van der Waals surface area contributed by atoms with Crippen molar-refractivity contribution in [2.24, 2.45) is 0 Å². The maximum Gasteiger partial charge on any atom is 0.534 e. The second-order valence-corrected chi connectivity index (χ2v) is 9.17. The first-order valence-corrected chi connectivity index (χ1v) is 11.6. The number of anilines is 1. The lowest BCUT2D eigenvalue weighted by Gasteiger charge is -2.31. The van der Waals surface area contributed by atoms with Gasteiger partial charge in [0.1, 0.15) is 5.82 Å². The molecule has 1 aliphatic rings. The number of halogens is 4. The third kappa shape index (κ3) is 5.52. The number of nitrogens with zero attached hydrogens (tertiary/aromatic N) is 5. The monoisotopic (exact) mass is 527 g/mol. The number of aliphatic hydroxyl groups excluding tert-OH is 1. The lowest BCUT2D eigenvalue weighted by molar-refractivity contribution is -0.0501. The molecule has 0 saturated carbocycles. The summed E-state index contributed by atoms with van der Waals surface area (Å²) < 4.78 is 77.3. The molecule has 1 aromatic carbocycles. The van der Waals surface area contributed by atoms with E-state index in [1.54, 1.807) is 23.1 Å². The summed E-state index contributed by atoms with van der Waals surface area (Å²) in [5, 5.41) is 14.6. The number of benzene rings is 1. The molecule has 10 nitrogen and oxygen atoms in total. The summed E-state index contributed by atoms with van der Waals surface area (Å²) in [4.78, 5) is 21.6. The molecule has 0 aliphatic carbocycles. The standard InChI is InChI=1S/C21H17F4N5O5S/c22-15-4-2-14(3-5-15)16-7-8-29(12-17(16)31)18-10-27-30(20(32)28-18)11-13-1-6-19(26-9-13)35-36(33,34)21(23,24)25/h1-7,9-10,17,31H,8,11-12H2/t17-/m0/s1. The molecular weight excluding hydrogens is 510 g/mol. The van der Waals surface area contributed by atoms with Crippen molar-refractivity contribution < 1.29 is 35.3 Å². The Morgan fingerprint density at radius 1 is 1.11 bits per heavy atom. The Bertz CT molecular complexity index is 1440. The Hall–Kier alpha value is -3.85. The van der Waals surface area contributed by atoms with Gasteiger partial charge in [0.25, 0.3) is 0 Å². The van der Waals surface area contributed by atoms with E-state index in [1.807, 2.05) is 0 Å². The van der Waals surface area contributed by atoms with Crippen LogP contribution in [-0.4, -0.2) is 58.0 Å². The Kier molecular flexibility index (Phi) is 6.77. The summed E-state index contributed by atoms with van der Waals surface area (Å²) in [6.45, 7) is 0.282. The van der Waals surface area contributed by atoms with Gasteiger partial charge in [0.05, 0.1) is 18.8 Å². The summed E-state index contributed by atoms with van der Waals surface area (Å²) in [5.74, 6) is -0.970. The number of aromatic nitrogens is 4. The molecule has 1 aliphatic heterocycles. The van der Waals surface area contributed by atoms with E-state index in [4.69, 9.17) is 0 Å². The number of rotatable bonds is 6. The van der Waals surface area contributed by atoms with E-state index in [1.165, 1.54) is 24.4 Å². The van der Waals surface area contributed by atoms with Crippen LogP contribution in [0.3, 0.4) is 0 Å². The third-order valence-electron chi connectivity index (χ3n) is 5.14. The van der Waals surface area contributed by atoms with Crippen molar-refractivity contribution in [1.29, 1.82) is 0 Å². The van der Waals surface area contributed by atoms with Crippen LogP contribution in [0.1, 0.15) is 11.1 Å². The van der Waals surface area contributed by atoms with Gasteiger partial charge >= 0.3 is 21.3 Å². The smallest absolute Gasteiger partial charge is 0.387 e. The molecule has 2 aromatic heterocycles. The zero-order valence-electron chi connectivity index (χ0n) is 18.1. The van der Waals surface area contributed by atoms with Crippen molar-refractivity contribution in [3.63, 3.8) is 0 Å². The van der Waals surface area contributed by atoms with E-state index < -0.39 is 39.1 Å². The molecule has 0 bridgehead atoms. The first-order chi connectivity index (χ1) is 16.9. The summed E-state index contributed by atoms with van der Waals surface area (Å²) in [6, 6.07) is 7.83. The Labute approximate surface area is 201 Å². The highest BCUT2D eigenvalue weighted by molar-refractivity contribution is 7.87. The topological polar surface area (TPSA) is 128 Å². The van der Waals surface area contributed by atoms with Crippen molar-refractivity contribution in [3.05, 3.63) is 82.3 Å². The molecule has 0 unspecified atom stereocenters. The van der Waals surface area contributed by atoms with Crippen molar-refractivity contribution in [3.8, 4) is 5.88 Å². The predicted molar refractivity (Wildman–Crippen MR) is 118 cm³/mol. The summed E-state index contributed by atoms with van der Waals surface area (Å²) in [6.07, 6.45) is 3.17. The van der Waals surface area contributed by atoms with E-state index >= 15 is 0 Å². The summed E-state index contributed by atoms with van der Waals surface area (Å²) in [7, 11) is -5.85. The van der Waals surface area contributed by atoms with Crippen LogP contribution in [0.5, 0.6) is 5.88 Å². The zero-order chi connectivity index (χ0) is 26.1. The van der Waals surface area contributed by atoms with Crippen LogP contribution in [0, 0.1) is 5.82 Å². The molecule has 190 valence electrons. The van der Waals surface area contributed by atoms with Gasteiger partial charge in [-0.2, -0.15) is 31.7 Å². The molecule has 3 aromatic rings. The molecule has 4 rings (SSSR count). The number of pyridine rings is 1. The van der Waals surface area contributed by atoms with E-state index in [2.05, 4.69) is 19.2 Å². The van der Waals surface area contributed by atoms with Gasteiger partial charge in [0.2, 0.25) is 5.88 Å². The normalized spacial score (nSPS) is 16.5. The highest BCUT2D eigenvalue weighted by Gasteiger charge is 2.48. The van der Waals surface area contributed by atoms with Crippen LogP contribution in [0.2, 0.25) is 0 Å².